The zero-order valence-corrected chi connectivity index (χ0v) is 35.7. The molecule has 1 aliphatic rings. The summed E-state index contributed by atoms with van der Waals surface area (Å²) in [5.74, 6) is 0.730. The van der Waals surface area contributed by atoms with Gasteiger partial charge in [-0.2, -0.15) is 0 Å². The smallest absolute Gasteiger partial charge is 0.465 e. The third kappa shape index (κ3) is 29.4. The van der Waals surface area contributed by atoms with Gasteiger partial charge in [0.1, 0.15) is 6.61 Å². The Morgan fingerprint density at radius 3 is 1.96 bits per heavy atom. The summed E-state index contributed by atoms with van der Waals surface area (Å²) in [6.45, 7) is 16.0. The van der Waals surface area contributed by atoms with Crippen LogP contribution in [0.15, 0.2) is 24.3 Å². The number of piperidine rings is 1. The SMILES string of the molecule is C[CH]CCCCC(CCCC)CCCC(COC(=O)CCC(OCCCC/C=C\CC)OCCCC/C=C\CC)COC(=O)OCC1CCCN(CC)C1. The van der Waals surface area contributed by atoms with E-state index < -0.39 is 12.4 Å². The molecule has 0 saturated carbocycles. The Morgan fingerprint density at radius 1 is 0.685 bits per heavy atom. The second kappa shape index (κ2) is 36.7. The molecule has 0 amide bonds. The predicted octanol–water partition coefficient (Wildman–Crippen LogP) is 12.2. The Morgan fingerprint density at radius 2 is 1.31 bits per heavy atom. The molecule has 8 heteroatoms. The maximum atomic E-state index is 13.1. The maximum absolute atomic E-state index is 13.1. The van der Waals surface area contributed by atoms with E-state index in [-0.39, 0.29) is 31.5 Å². The van der Waals surface area contributed by atoms with Crippen molar-refractivity contribution in [3.8, 4) is 0 Å². The van der Waals surface area contributed by atoms with Gasteiger partial charge in [-0.25, -0.2) is 4.79 Å². The fourth-order valence-electron chi connectivity index (χ4n) is 7.07. The molecule has 315 valence electrons. The quantitative estimate of drug-likeness (QED) is 0.0270. The van der Waals surface area contributed by atoms with Crippen LogP contribution in [0, 0.1) is 24.2 Å². The van der Waals surface area contributed by atoms with Crippen molar-refractivity contribution >= 4 is 12.1 Å². The van der Waals surface area contributed by atoms with E-state index in [4.69, 9.17) is 23.7 Å². The van der Waals surface area contributed by atoms with Gasteiger partial charge < -0.3 is 28.6 Å². The number of allylic oxidation sites excluding steroid dienone is 4. The average molecular weight is 763 g/mol. The number of unbranched alkanes of at least 4 members (excludes halogenated alkanes) is 8. The van der Waals surface area contributed by atoms with E-state index in [0.29, 0.717) is 38.1 Å². The molecule has 3 atom stereocenters. The number of carbonyl (C=O) groups is 2. The number of hydrogen-bond acceptors (Lipinski definition) is 8. The minimum absolute atomic E-state index is 0.0694. The van der Waals surface area contributed by atoms with Gasteiger partial charge in [0.05, 0.1) is 19.6 Å². The Bertz CT molecular complexity index is 901. The van der Waals surface area contributed by atoms with E-state index >= 15 is 0 Å². The molecule has 0 aromatic carbocycles. The minimum atomic E-state index is -0.617. The van der Waals surface area contributed by atoms with Crippen molar-refractivity contribution in [3.05, 3.63) is 30.7 Å². The number of rotatable bonds is 36. The van der Waals surface area contributed by atoms with Crippen molar-refractivity contribution in [1.29, 1.82) is 0 Å². The van der Waals surface area contributed by atoms with Crippen molar-refractivity contribution in [1.82, 2.24) is 4.90 Å². The summed E-state index contributed by atoms with van der Waals surface area (Å²) >= 11 is 0. The van der Waals surface area contributed by atoms with Gasteiger partial charge in [-0.3, -0.25) is 4.79 Å². The highest BCUT2D eigenvalue weighted by atomic mass is 16.7. The molecule has 0 spiro atoms. The van der Waals surface area contributed by atoms with Gasteiger partial charge in [-0.05, 0) is 96.1 Å². The molecular formula is C46H84NO7. The van der Waals surface area contributed by atoms with Crippen LogP contribution in [-0.2, 0) is 28.5 Å². The van der Waals surface area contributed by atoms with E-state index in [2.05, 4.69) is 70.2 Å². The summed E-state index contributed by atoms with van der Waals surface area (Å²) in [7, 11) is 0. The molecule has 1 rings (SSSR count). The number of nitrogens with zero attached hydrogens (tertiary/aromatic N) is 1. The molecule has 1 fully saturated rings. The summed E-state index contributed by atoms with van der Waals surface area (Å²) < 4.78 is 29.3. The van der Waals surface area contributed by atoms with Crippen molar-refractivity contribution < 1.29 is 33.3 Å². The monoisotopic (exact) mass is 763 g/mol. The Labute approximate surface area is 332 Å². The summed E-state index contributed by atoms with van der Waals surface area (Å²) in [5, 5.41) is 0. The van der Waals surface area contributed by atoms with Crippen LogP contribution in [0.3, 0.4) is 0 Å². The van der Waals surface area contributed by atoms with Crippen LogP contribution in [0.4, 0.5) is 4.79 Å². The molecule has 0 N–H and O–H groups in total. The summed E-state index contributed by atoms with van der Waals surface area (Å²) in [5.41, 5.74) is 0. The van der Waals surface area contributed by atoms with Crippen LogP contribution in [0.2, 0.25) is 0 Å². The highest BCUT2D eigenvalue weighted by molar-refractivity contribution is 5.69. The molecule has 8 nitrogen and oxygen atoms in total. The lowest BCUT2D eigenvalue weighted by atomic mass is 9.89. The predicted molar refractivity (Wildman–Crippen MR) is 223 cm³/mol. The third-order valence-electron chi connectivity index (χ3n) is 10.5. The van der Waals surface area contributed by atoms with E-state index in [0.717, 1.165) is 103 Å². The van der Waals surface area contributed by atoms with Crippen LogP contribution < -0.4 is 0 Å². The van der Waals surface area contributed by atoms with E-state index in [1.165, 1.54) is 44.9 Å². The Hall–Kier alpha value is -1.90. The molecule has 0 bridgehead atoms. The van der Waals surface area contributed by atoms with E-state index in [1.54, 1.807) is 0 Å². The molecule has 1 heterocycles. The largest absolute Gasteiger partial charge is 0.508 e. The number of likely N-dealkylation sites (tertiary alicyclic amines) is 1. The normalized spacial score (nSPS) is 16.4. The fraction of sp³-hybridized carbons (Fsp3) is 0.848. The van der Waals surface area contributed by atoms with Crippen molar-refractivity contribution in [2.75, 3.05) is 52.7 Å². The first-order valence-corrected chi connectivity index (χ1v) is 22.4. The first-order chi connectivity index (χ1) is 26.4. The highest BCUT2D eigenvalue weighted by Gasteiger charge is 2.22. The molecule has 3 unspecified atom stereocenters. The second-order valence-corrected chi connectivity index (χ2v) is 15.4. The van der Waals surface area contributed by atoms with Crippen molar-refractivity contribution in [3.63, 3.8) is 0 Å². The van der Waals surface area contributed by atoms with Gasteiger partial charge in [0.15, 0.2) is 6.29 Å². The molecule has 1 aliphatic heterocycles. The first kappa shape index (κ1) is 50.1. The fourth-order valence-corrected chi connectivity index (χ4v) is 7.07. The number of hydrogen-bond donors (Lipinski definition) is 0. The zero-order chi connectivity index (χ0) is 39.3. The first-order valence-electron chi connectivity index (χ1n) is 22.4. The van der Waals surface area contributed by atoms with E-state index in [9.17, 15) is 9.59 Å². The molecule has 1 saturated heterocycles. The number of carbonyl (C=O) groups excluding carboxylic acids is 2. The van der Waals surface area contributed by atoms with Crippen molar-refractivity contribution in [2.24, 2.45) is 17.8 Å². The lowest BCUT2D eigenvalue weighted by Crippen LogP contribution is -2.37. The van der Waals surface area contributed by atoms with E-state index in [1.807, 2.05) is 0 Å². The minimum Gasteiger partial charge on any atom is -0.465 e. The van der Waals surface area contributed by atoms with Gasteiger partial charge in [0.25, 0.3) is 0 Å². The Kier molecular flexibility index (Phi) is 34.1. The zero-order valence-electron chi connectivity index (χ0n) is 35.7. The number of ether oxygens (including phenoxy) is 5. The van der Waals surface area contributed by atoms with Crippen LogP contribution in [0.25, 0.3) is 0 Å². The van der Waals surface area contributed by atoms with Gasteiger partial charge >= 0.3 is 12.1 Å². The van der Waals surface area contributed by atoms with Gasteiger partial charge in [-0.1, -0.05) is 117 Å². The topological polar surface area (TPSA) is 83.5 Å². The molecule has 0 aromatic rings. The molecule has 0 aromatic heterocycles. The molecule has 1 radical (unpaired) electrons. The summed E-state index contributed by atoms with van der Waals surface area (Å²) in [4.78, 5) is 28.1. The number of esters is 1. The maximum Gasteiger partial charge on any atom is 0.508 e. The average Bonchev–Trinajstić information content (AvgIpc) is 3.19. The second-order valence-electron chi connectivity index (χ2n) is 15.4. The molecule has 54 heavy (non-hydrogen) atoms. The summed E-state index contributed by atoms with van der Waals surface area (Å²) in [6.07, 6.45) is 33.0. The van der Waals surface area contributed by atoms with Gasteiger partial charge in [0.2, 0.25) is 0 Å². The van der Waals surface area contributed by atoms with Crippen LogP contribution >= 0.6 is 0 Å². The van der Waals surface area contributed by atoms with Crippen LogP contribution in [0.1, 0.15) is 176 Å². The van der Waals surface area contributed by atoms with Crippen LogP contribution in [0.5, 0.6) is 0 Å². The summed E-state index contributed by atoms with van der Waals surface area (Å²) in [6, 6.07) is 0. The Balaban J connectivity index is 2.70. The third-order valence-corrected chi connectivity index (χ3v) is 10.5. The standard InChI is InChI=1S/C46H84NO7/c1-6-11-15-18-20-23-35-50-45(51-36-24-21-19-16-12-7-2)33-32-44(48)52-39-43(30-25-29-41(27-14-9-4)28-22-17-13-8-3)40-54-46(49)53-38-42-31-26-34-47(10-5)37-42/h8,11-12,15-16,41-43,45H,6-7,9-10,13-14,17-40H2,1-5H3/b15-11-,16-12-. The van der Waals surface area contributed by atoms with Gasteiger partial charge in [0, 0.05) is 38.0 Å². The van der Waals surface area contributed by atoms with Crippen molar-refractivity contribution in [2.45, 2.75) is 182 Å². The lowest BCUT2D eigenvalue weighted by Gasteiger charge is -2.31. The molecule has 0 aliphatic carbocycles. The van der Waals surface area contributed by atoms with Crippen LogP contribution in [-0.4, -0.2) is 76.0 Å². The van der Waals surface area contributed by atoms with Gasteiger partial charge in [-0.15, -0.1) is 0 Å². The lowest BCUT2D eigenvalue weighted by molar-refractivity contribution is -0.160. The molecular weight excluding hydrogens is 679 g/mol. The highest BCUT2D eigenvalue weighted by Crippen LogP contribution is 2.25.